The fourth-order valence-electron chi connectivity index (χ4n) is 6.36. The first-order chi connectivity index (χ1) is 29.7. The molecule has 1 aliphatic carbocycles. The molecule has 0 saturated carbocycles. The van der Waals surface area contributed by atoms with E-state index in [1.165, 1.54) is 0 Å². The molecule has 0 bridgehead atoms. The molecule has 1 aliphatic rings. The van der Waals surface area contributed by atoms with E-state index in [4.69, 9.17) is 35.8 Å². The van der Waals surface area contributed by atoms with Crippen LogP contribution in [0.4, 0.5) is 0 Å². The molecule has 222 valence electrons. The molecule has 5 heteroatoms. The van der Waals surface area contributed by atoms with Crippen molar-refractivity contribution in [2.75, 3.05) is 0 Å². The van der Waals surface area contributed by atoms with Crippen LogP contribution in [0.2, 0.25) is 0 Å². The summed E-state index contributed by atoms with van der Waals surface area (Å²) in [4.78, 5) is 14.4. The molecule has 0 unspecified atom stereocenters. The van der Waals surface area contributed by atoms with Crippen molar-refractivity contribution in [3.05, 3.63) is 144 Å². The van der Waals surface area contributed by atoms with Crippen molar-refractivity contribution in [2.45, 2.75) is 19.1 Å². The van der Waals surface area contributed by atoms with Gasteiger partial charge in [0.25, 0.3) is 0 Å². The lowest BCUT2D eigenvalue weighted by Gasteiger charge is -2.21. The van der Waals surface area contributed by atoms with E-state index in [0.29, 0.717) is 22.3 Å². The first-order valence-corrected chi connectivity index (χ1v) is 14.6. The van der Waals surface area contributed by atoms with Crippen molar-refractivity contribution < 1.29 is 26.3 Å². The minimum absolute atomic E-state index is 0.0519. The van der Waals surface area contributed by atoms with Gasteiger partial charge in [-0.25, -0.2) is 4.98 Å². The molecule has 3 heterocycles. The van der Waals surface area contributed by atoms with Gasteiger partial charge >= 0.3 is 0 Å². The van der Waals surface area contributed by atoms with E-state index in [9.17, 15) is 5.48 Å². The number of aromatic nitrogens is 4. The second kappa shape index (κ2) is 9.47. The molecule has 0 N–H and O–H groups in total. The summed E-state index contributed by atoms with van der Waals surface area (Å²) in [6.45, 7) is -7.30. The van der Waals surface area contributed by atoms with Crippen LogP contribution < -0.4 is 0 Å². The predicted molar refractivity (Wildman–Crippen MR) is 190 cm³/mol. The molecule has 0 saturated heterocycles. The van der Waals surface area contributed by atoms with Gasteiger partial charge < -0.3 is 4.42 Å². The molecule has 5 nitrogen and oxygen atoms in total. The summed E-state index contributed by atoms with van der Waals surface area (Å²) in [5, 5.41) is 0.838. The second-order valence-corrected chi connectivity index (χ2v) is 11.2. The highest BCUT2D eigenvalue weighted by molar-refractivity contribution is 6.11. The Hall–Kier alpha value is -6.07. The quantitative estimate of drug-likeness (QED) is 0.197. The highest BCUT2D eigenvalue weighted by Crippen LogP contribution is 2.51. The average molecular weight is 621 g/mol. The minimum atomic E-state index is -3.65. The molecule has 3 aromatic heterocycles. The van der Waals surface area contributed by atoms with Gasteiger partial charge in [0.05, 0.1) is 24.7 Å². The Balaban J connectivity index is 1.43. The molecule has 0 atom stereocenters. The summed E-state index contributed by atoms with van der Waals surface area (Å²) in [6, 6.07) is 13.4. The molecule has 6 aromatic carbocycles. The maximum absolute atomic E-state index is 9.99. The summed E-state index contributed by atoms with van der Waals surface area (Å²) in [6.07, 6.45) is 0. The molecule has 47 heavy (non-hydrogen) atoms. The van der Waals surface area contributed by atoms with E-state index in [0.717, 1.165) is 15.3 Å². The highest BCUT2D eigenvalue weighted by Gasteiger charge is 2.36. The van der Waals surface area contributed by atoms with E-state index in [1.807, 2.05) is 24.3 Å². The Kier molecular flexibility index (Phi) is 3.03. The van der Waals surface area contributed by atoms with Gasteiger partial charge in [0.15, 0.2) is 11.6 Å². The van der Waals surface area contributed by atoms with Crippen LogP contribution in [0.1, 0.15) is 46.8 Å². The van der Waals surface area contributed by atoms with Crippen molar-refractivity contribution >= 4 is 43.7 Å². The molecule has 0 fully saturated rings. The van der Waals surface area contributed by atoms with Crippen molar-refractivity contribution in [2.24, 2.45) is 0 Å². The Labute approximate surface area is 293 Å². The fourth-order valence-corrected chi connectivity index (χ4v) is 6.36. The molecule has 10 rings (SSSR count). The number of hydrogen-bond acceptors (Lipinski definition) is 4. The Morgan fingerprint density at radius 3 is 2.28 bits per heavy atom. The zero-order valence-electron chi connectivity index (χ0n) is 40.1. The molecule has 0 radical (unpaired) electrons. The predicted octanol–water partition coefficient (Wildman–Crippen LogP) is 10.5. The van der Waals surface area contributed by atoms with Crippen LogP contribution in [-0.2, 0) is 5.41 Å². The largest absolute Gasteiger partial charge is 0.456 e. The van der Waals surface area contributed by atoms with Crippen LogP contribution in [0.15, 0.2) is 138 Å². The number of fused-ring (bicyclic) bond motifs is 9. The number of para-hydroxylation sites is 2. The van der Waals surface area contributed by atoms with Gasteiger partial charge in [-0.05, 0) is 64.6 Å². The van der Waals surface area contributed by atoms with Gasteiger partial charge in [0.1, 0.15) is 11.2 Å². The minimum Gasteiger partial charge on any atom is -0.456 e. The Morgan fingerprint density at radius 2 is 1.38 bits per heavy atom. The van der Waals surface area contributed by atoms with E-state index < -0.39 is 107 Å². The summed E-state index contributed by atoms with van der Waals surface area (Å²) in [5.74, 6) is -0.226. The number of nitrogens with zero attached hydrogens (tertiary/aromatic N) is 4. The van der Waals surface area contributed by atoms with Gasteiger partial charge in [-0.3, -0.25) is 4.57 Å². The number of benzene rings is 6. The van der Waals surface area contributed by atoms with E-state index in [1.54, 1.807) is 48.5 Å². The molecule has 9 aromatic rings. The van der Waals surface area contributed by atoms with E-state index in [-0.39, 0.29) is 33.9 Å². The van der Waals surface area contributed by atoms with Crippen LogP contribution in [-0.4, -0.2) is 19.5 Å². The zero-order valence-corrected chi connectivity index (χ0v) is 24.1. The number of rotatable bonds is 3. The van der Waals surface area contributed by atoms with Crippen LogP contribution in [0.3, 0.4) is 0 Å². The van der Waals surface area contributed by atoms with Crippen molar-refractivity contribution in [3.63, 3.8) is 0 Å². The van der Waals surface area contributed by atoms with Gasteiger partial charge in [-0.2, -0.15) is 9.97 Å². The lowest BCUT2D eigenvalue weighted by molar-refractivity contribution is 0.661. The highest BCUT2D eigenvalue weighted by atomic mass is 16.3. The van der Waals surface area contributed by atoms with Crippen molar-refractivity contribution in [1.82, 2.24) is 19.5 Å². The van der Waals surface area contributed by atoms with E-state index >= 15 is 0 Å². The number of hydrogen-bond donors (Lipinski definition) is 0. The molecule has 0 amide bonds. The molecule has 0 spiro atoms. The Morgan fingerprint density at radius 1 is 0.617 bits per heavy atom. The van der Waals surface area contributed by atoms with Gasteiger partial charge in [0, 0.05) is 46.3 Å². The maximum atomic E-state index is 9.99. The van der Waals surface area contributed by atoms with Gasteiger partial charge in [0.2, 0.25) is 5.95 Å². The van der Waals surface area contributed by atoms with Crippen LogP contribution in [0.25, 0.3) is 83.6 Å². The third kappa shape index (κ3) is 3.74. The molecular formula is C42H28N4O. The lowest BCUT2D eigenvalue weighted by Crippen LogP contribution is -2.15. The van der Waals surface area contributed by atoms with Gasteiger partial charge in [-0.15, -0.1) is 0 Å². The molecule has 0 aliphatic heterocycles. The third-order valence-electron chi connectivity index (χ3n) is 8.52. The molecular weight excluding hydrogens is 576 g/mol. The first kappa shape index (κ1) is 15.0. The summed E-state index contributed by atoms with van der Waals surface area (Å²) in [5.41, 5.74) is -4.84. The summed E-state index contributed by atoms with van der Waals surface area (Å²) < 4.78 is 151. The van der Waals surface area contributed by atoms with Crippen LogP contribution in [0, 0.1) is 0 Å². The lowest BCUT2D eigenvalue weighted by atomic mass is 9.82. The standard InChI is InChI=1S/C42H28N4O/c1-42(2)33-17-9-6-14-27(33)30-23-31-28-15-7-10-18-35(28)46(36(31)24-34(30)42)41-44-39(25-12-4-3-5-13-25)43-40(45-41)26-20-21-38-32(22-26)29-16-8-11-19-37(29)47-38/h3-24H,1-2H3/i1D3,2D3,6D,7D,9D,10D,14D,15D,17D,18D,23D,24D. The maximum Gasteiger partial charge on any atom is 0.238 e. The Bertz CT molecular complexity index is 3490. The van der Waals surface area contributed by atoms with Gasteiger partial charge in [-0.1, -0.05) is 105 Å². The monoisotopic (exact) mass is 620 g/mol. The summed E-state index contributed by atoms with van der Waals surface area (Å²) >= 11 is 0. The van der Waals surface area contributed by atoms with Crippen molar-refractivity contribution in [3.8, 4) is 39.9 Å². The average Bonchev–Trinajstić information content (AvgIpc) is 3.93. The van der Waals surface area contributed by atoms with Crippen LogP contribution in [0.5, 0.6) is 0 Å². The third-order valence-corrected chi connectivity index (χ3v) is 8.52. The topological polar surface area (TPSA) is 56.7 Å². The summed E-state index contributed by atoms with van der Waals surface area (Å²) in [7, 11) is 0. The first-order valence-electron chi connectivity index (χ1n) is 22.6. The number of furan rings is 1. The second-order valence-electron chi connectivity index (χ2n) is 11.2. The van der Waals surface area contributed by atoms with Crippen LogP contribution >= 0.6 is 0 Å². The smallest absolute Gasteiger partial charge is 0.238 e. The van der Waals surface area contributed by atoms with Crippen molar-refractivity contribution in [1.29, 1.82) is 0 Å². The zero-order chi connectivity index (χ0) is 45.0. The van der Waals surface area contributed by atoms with E-state index in [2.05, 4.69) is 0 Å². The normalized spacial score (nSPS) is 18.9. The SMILES string of the molecule is [2H]c1c([2H])c([2H])c2c(c1[2H])-c1c(c([2H])c3c(c1[2H])c1c([2H])c([2H])c([2H])c([2H])c1n3-c1nc(-c3ccccc3)nc(-c3ccc4oc5ccccc5c4c3)n1)C2(C([2H])([2H])[2H])C([2H])([2H])[2H]. The fraction of sp³-hybridized carbons (Fsp3) is 0.0714.